The van der Waals surface area contributed by atoms with Gasteiger partial charge in [-0.1, -0.05) is 96.6 Å². The molecule has 0 aromatic heterocycles. The van der Waals surface area contributed by atoms with Crippen LogP contribution in [0.4, 0.5) is 4.79 Å². The Bertz CT molecular complexity index is 1850. The van der Waals surface area contributed by atoms with Gasteiger partial charge in [0.25, 0.3) is 5.91 Å². The highest BCUT2D eigenvalue weighted by Crippen LogP contribution is 2.44. The zero-order valence-electron chi connectivity index (χ0n) is 27.6. The van der Waals surface area contributed by atoms with E-state index in [1.54, 1.807) is 31.4 Å². The Labute approximate surface area is 290 Å². The second-order valence-corrected chi connectivity index (χ2v) is 11.7. The van der Waals surface area contributed by atoms with Gasteiger partial charge >= 0.3 is 6.09 Å². The van der Waals surface area contributed by atoms with Crippen LogP contribution in [0.3, 0.4) is 0 Å². The number of ether oxygens (including phenoxy) is 3. The summed E-state index contributed by atoms with van der Waals surface area (Å²) in [5, 5.41) is 16.1. The number of nitrogens with one attached hydrogen (secondary N) is 2. The number of fused-ring (bicyclic) bond motifs is 3. The van der Waals surface area contributed by atoms with Gasteiger partial charge < -0.3 is 30.0 Å². The number of aryl methyl sites for hydroxylation is 1. The fraction of sp³-hybridized carbons (Fsp3) is 0.200. The summed E-state index contributed by atoms with van der Waals surface area (Å²) in [6.45, 7) is 2.21. The number of carbonyl (C=O) groups excluding carboxylic acids is 2. The quantitative estimate of drug-likeness (QED) is 0.125. The Morgan fingerprint density at radius 1 is 0.816 bits per heavy atom. The van der Waals surface area contributed by atoms with Gasteiger partial charge in [-0.05, 0) is 75.7 Å². The van der Waals surface area contributed by atoms with Crippen molar-refractivity contribution in [2.75, 3.05) is 20.3 Å². The number of hydrogen-bond donors (Lipinski definition) is 3. The first kappa shape index (κ1) is 35.1. The Balaban J connectivity index is 0.00000468. The molecule has 8 nitrogen and oxygen atoms in total. The van der Waals surface area contributed by atoms with Crippen molar-refractivity contribution in [2.45, 2.75) is 32.0 Å². The van der Waals surface area contributed by atoms with Gasteiger partial charge in [0.1, 0.15) is 18.1 Å². The highest BCUT2D eigenvalue weighted by atomic mass is 31.0. The molecule has 9 heteroatoms. The second-order valence-electron chi connectivity index (χ2n) is 11.7. The first-order valence-electron chi connectivity index (χ1n) is 15.9. The maximum absolute atomic E-state index is 13.4. The Morgan fingerprint density at radius 2 is 1.45 bits per heavy atom. The molecular formula is C40H41N2O6P. The van der Waals surface area contributed by atoms with Crippen molar-refractivity contribution in [3.8, 4) is 22.6 Å². The van der Waals surface area contributed by atoms with Crippen LogP contribution in [-0.4, -0.2) is 37.4 Å². The molecule has 6 rings (SSSR count). The normalized spacial score (nSPS) is 12.1. The summed E-state index contributed by atoms with van der Waals surface area (Å²) in [5.41, 5.74) is 8.75. The molecule has 5 aromatic rings. The molecular weight excluding hydrogens is 635 g/mol. The largest absolute Gasteiger partial charge is 0.497 e. The summed E-state index contributed by atoms with van der Waals surface area (Å²) in [6.07, 6.45) is -0.591. The summed E-state index contributed by atoms with van der Waals surface area (Å²) in [4.78, 5) is 25.9. The minimum Gasteiger partial charge on any atom is -0.497 e. The van der Waals surface area contributed by atoms with E-state index in [1.165, 1.54) is 0 Å². The number of hydrogen-bond acceptors (Lipinski definition) is 6. The fourth-order valence-electron chi connectivity index (χ4n) is 6.09. The predicted molar refractivity (Wildman–Crippen MR) is 195 cm³/mol. The number of rotatable bonds is 12. The highest BCUT2D eigenvalue weighted by molar-refractivity contribution is 6.92. The van der Waals surface area contributed by atoms with Gasteiger partial charge in [0.15, 0.2) is 6.61 Å². The van der Waals surface area contributed by atoms with E-state index >= 15 is 0 Å². The maximum Gasteiger partial charge on any atom is 0.407 e. The molecule has 0 radical (unpaired) electrons. The molecule has 1 aliphatic carbocycles. The molecule has 1 aliphatic rings. The minimum absolute atomic E-state index is 0. The van der Waals surface area contributed by atoms with Crippen LogP contribution in [0, 0.1) is 6.92 Å². The molecule has 2 amide bonds. The molecule has 252 valence electrons. The van der Waals surface area contributed by atoms with Crippen molar-refractivity contribution in [3.63, 3.8) is 0 Å². The van der Waals surface area contributed by atoms with Crippen molar-refractivity contribution in [3.05, 3.63) is 154 Å². The Kier molecular flexibility index (Phi) is 11.7. The smallest absolute Gasteiger partial charge is 0.407 e. The summed E-state index contributed by atoms with van der Waals surface area (Å²) in [5.74, 6) is 0.773. The molecule has 0 spiro atoms. The monoisotopic (exact) mass is 676 g/mol. The summed E-state index contributed by atoms with van der Waals surface area (Å²) in [7, 11) is 1.56. The third kappa shape index (κ3) is 8.29. The van der Waals surface area contributed by atoms with Gasteiger partial charge in [-0.25, -0.2) is 4.79 Å². The lowest BCUT2D eigenvalue weighted by Gasteiger charge is -2.23. The zero-order chi connectivity index (χ0) is 33.5. The van der Waals surface area contributed by atoms with Crippen molar-refractivity contribution in [1.29, 1.82) is 0 Å². The van der Waals surface area contributed by atoms with Crippen LogP contribution in [-0.2, 0) is 22.7 Å². The van der Waals surface area contributed by atoms with Gasteiger partial charge in [0.05, 0.1) is 19.8 Å². The van der Waals surface area contributed by atoms with Crippen molar-refractivity contribution in [1.82, 2.24) is 10.6 Å². The number of methoxy groups -OCH3 is 1. The lowest BCUT2D eigenvalue weighted by atomic mass is 9.94. The summed E-state index contributed by atoms with van der Waals surface area (Å²) in [6, 6.07) is 36.2. The molecule has 2 unspecified atom stereocenters. The van der Waals surface area contributed by atoms with Gasteiger partial charge in [0.2, 0.25) is 0 Å². The van der Waals surface area contributed by atoms with Crippen LogP contribution in [0.2, 0.25) is 0 Å². The molecule has 0 heterocycles. The SMILES string of the molecule is COc1ccc(C(NC(=O)OCC2c3ccccc3-c3ccccc32)c2ccc(OCC(=O)NCc3ccc(C)cc3)cc2)c(CO)c1.P. The Hall–Kier alpha value is -5.17. The highest BCUT2D eigenvalue weighted by Gasteiger charge is 2.30. The van der Waals surface area contributed by atoms with E-state index in [0.717, 1.165) is 38.9 Å². The van der Waals surface area contributed by atoms with E-state index in [9.17, 15) is 14.7 Å². The molecule has 5 aromatic carbocycles. The number of alkyl carbamates (subject to hydrolysis) is 1. The van der Waals surface area contributed by atoms with Crippen LogP contribution in [0.5, 0.6) is 11.5 Å². The lowest BCUT2D eigenvalue weighted by molar-refractivity contribution is -0.123. The van der Waals surface area contributed by atoms with Gasteiger partial charge in [-0.15, -0.1) is 0 Å². The standard InChI is InChI=1S/C40H38N2O6.H3P/c1-26-11-13-27(14-12-26)22-41-38(44)25-47-30-17-15-28(16-18-30)39(32-20-19-31(46-2)21-29(32)23-43)42-40(45)48-24-37-35-9-5-3-7-33(35)34-8-4-6-10-36(34)37;/h3-21,37,39,43H,22-25H2,1-2H3,(H,41,44)(H,42,45);1H3. The van der Waals surface area contributed by atoms with Crippen LogP contribution >= 0.6 is 9.90 Å². The molecule has 0 saturated heterocycles. The van der Waals surface area contributed by atoms with E-state index in [0.29, 0.717) is 29.2 Å². The molecule has 0 saturated carbocycles. The number of benzene rings is 5. The predicted octanol–water partition coefficient (Wildman–Crippen LogP) is 6.88. The number of amides is 2. The average molecular weight is 677 g/mol. The second kappa shape index (κ2) is 16.3. The number of aliphatic hydroxyl groups is 1. The van der Waals surface area contributed by atoms with Gasteiger partial charge in [0, 0.05) is 12.5 Å². The van der Waals surface area contributed by atoms with Crippen molar-refractivity contribution in [2.24, 2.45) is 0 Å². The maximum atomic E-state index is 13.4. The number of carbonyl (C=O) groups is 2. The molecule has 3 N–H and O–H groups in total. The van der Waals surface area contributed by atoms with Crippen molar-refractivity contribution >= 4 is 21.9 Å². The molecule has 49 heavy (non-hydrogen) atoms. The van der Waals surface area contributed by atoms with E-state index in [2.05, 4.69) is 34.9 Å². The van der Waals surface area contributed by atoms with E-state index in [4.69, 9.17) is 14.2 Å². The fourth-order valence-corrected chi connectivity index (χ4v) is 6.09. The van der Waals surface area contributed by atoms with Crippen LogP contribution in [0.15, 0.2) is 115 Å². The molecule has 2 atom stereocenters. The lowest BCUT2D eigenvalue weighted by Crippen LogP contribution is -2.31. The van der Waals surface area contributed by atoms with Gasteiger partial charge in [-0.3, -0.25) is 4.79 Å². The third-order valence-electron chi connectivity index (χ3n) is 8.63. The van der Waals surface area contributed by atoms with E-state index in [-0.39, 0.29) is 41.5 Å². The summed E-state index contributed by atoms with van der Waals surface area (Å²) < 4.78 is 17.0. The summed E-state index contributed by atoms with van der Waals surface area (Å²) >= 11 is 0. The van der Waals surface area contributed by atoms with Crippen molar-refractivity contribution < 1.29 is 28.9 Å². The molecule has 0 fully saturated rings. The number of aliphatic hydroxyl groups excluding tert-OH is 1. The molecule has 0 aliphatic heterocycles. The minimum atomic E-state index is -0.652. The van der Waals surface area contributed by atoms with E-state index in [1.807, 2.05) is 73.7 Å². The third-order valence-corrected chi connectivity index (χ3v) is 8.63. The van der Waals surface area contributed by atoms with Crippen LogP contribution in [0.25, 0.3) is 11.1 Å². The van der Waals surface area contributed by atoms with Crippen LogP contribution in [0.1, 0.15) is 50.9 Å². The van der Waals surface area contributed by atoms with E-state index < -0.39 is 12.1 Å². The Morgan fingerprint density at radius 3 is 2.08 bits per heavy atom. The van der Waals surface area contributed by atoms with Crippen LogP contribution < -0.4 is 20.1 Å². The first-order valence-corrected chi connectivity index (χ1v) is 15.9. The molecule has 0 bridgehead atoms. The zero-order valence-corrected chi connectivity index (χ0v) is 29.1. The first-order chi connectivity index (χ1) is 23.4. The topological polar surface area (TPSA) is 106 Å². The average Bonchev–Trinajstić information content (AvgIpc) is 3.45. The van der Waals surface area contributed by atoms with Gasteiger partial charge in [-0.2, -0.15) is 9.90 Å².